The highest BCUT2D eigenvalue weighted by atomic mass is 16.2. The van der Waals surface area contributed by atoms with Crippen molar-refractivity contribution in [3.05, 3.63) is 66.1 Å². The van der Waals surface area contributed by atoms with Crippen molar-refractivity contribution in [3.63, 3.8) is 0 Å². The molecule has 6 heteroatoms. The molecule has 0 spiro atoms. The maximum absolute atomic E-state index is 11.9. The number of nitrogens with zero attached hydrogens (tertiary/aromatic N) is 4. The second-order valence-corrected chi connectivity index (χ2v) is 4.83. The zero-order valence-corrected chi connectivity index (χ0v) is 12.2. The molecule has 23 heavy (non-hydrogen) atoms. The summed E-state index contributed by atoms with van der Waals surface area (Å²) < 4.78 is 1.85. The predicted molar refractivity (Wildman–Crippen MR) is 86.8 cm³/mol. The standard InChI is InChI=1S/C17H13N5O/c18-7-9-22-12-14(15-5-1-2-6-16(15)22)11-20-21-17(23)13-4-3-8-19-10-13/h1-6,8,10-12H,9H2,(H,21,23)/b20-11-. The van der Waals surface area contributed by atoms with Crippen LogP contribution in [0.1, 0.15) is 15.9 Å². The summed E-state index contributed by atoms with van der Waals surface area (Å²) in [5.41, 5.74) is 4.70. The Balaban J connectivity index is 1.82. The SMILES string of the molecule is N#CCn1cc(/C=N\NC(=O)c2cccnc2)c2ccccc21. The second kappa shape index (κ2) is 6.54. The van der Waals surface area contributed by atoms with Crippen LogP contribution in [0.15, 0.2) is 60.1 Å². The van der Waals surface area contributed by atoms with E-state index in [1.165, 1.54) is 6.20 Å². The Labute approximate surface area is 132 Å². The first-order chi connectivity index (χ1) is 11.3. The molecular formula is C17H13N5O. The van der Waals surface area contributed by atoms with E-state index in [0.717, 1.165) is 16.5 Å². The van der Waals surface area contributed by atoms with Gasteiger partial charge in [0.1, 0.15) is 6.54 Å². The highest BCUT2D eigenvalue weighted by molar-refractivity contribution is 6.00. The minimum atomic E-state index is -0.324. The summed E-state index contributed by atoms with van der Waals surface area (Å²) in [6, 6.07) is 13.2. The van der Waals surface area contributed by atoms with Gasteiger partial charge in [0, 0.05) is 35.1 Å². The van der Waals surface area contributed by atoms with E-state index >= 15 is 0 Å². The number of carbonyl (C=O) groups is 1. The van der Waals surface area contributed by atoms with Crippen molar-refractivity contribution in [1.82, 2.24) is 15.0 Å². The smallest absolute Gasteiger partial charge is 0.272 e. The number of hydrogen-bond donors (Lipinski definition) is 1. The van der Waals surface area contributed by atoms with Crippen molar-refractivity contribution in [1.29, 1.82) is 5.26 Å². The van der Waals surface area contributed by atoms with Gasteiger partial charge < -0.3 is 4.57 Å². The molecule has 0 saturated carbocycles. The van der Waals surface area contributed by atoms with Gasteiger partial charge in [-0.05, 0) is 18.2 Å². The van der Waals surface area contributed by atoms with Gasteiger partial charge in [0.15, 0.2) is 0 Å². The quantitative estimate of drug-likeness (QED) is 0.593. The monoisotopic (exact) mass is 303 g/mol. The molecule has 3 aromatic rings. The molecule has 1 amide bonds. The molecule has 0 aliphatic rings. The molecule has 1 N–H and O–H groups in total. The Bertz CT molecular complexity index is 906. The number of pyridine rings is 1. The van der Waals surface area contributed by atoms with E-state index in [1.54, 1.807) is 24.5 Å². The summed E-state index contributed by atoms with van der Waals surface area (Å²) in [5, 5.41) is 13.9. The maximum Gasteiger partial charge on any atom is 0.272 e. The van der Waals surface area contributed by atoms with Gasteiger partial charge in [-0.2, -0.15) is 10.4 Å². The molecule has 0 unspecified atom stereocenters. The minimum Gasteiger partial charge on any atom is -0.333 e. The second-order valence-electron chi connectivity index (χ2n) is 4.83. The van der Waals surface area contributed by atoms with Gasteiger partial charge in [-0.15, -0.1) is 0 Å². The number of hydrogen-bond acceptors (Lipinski definition) is 4. The Kier molecular flexibility index (Phi) is 4.11. The van der Waals surface area contributed by atoms with Gasteiger partial charge in [0.05, 0.1) is 17.8 Å². The number of aromatic nitrogens is 2. The van der Waals surface area contributed by atoms with Crippen molar-refractivity contribution >= 4 is 23.0 Å². The van der Waals surface area contributed by atoms with Gasteiger partial charge in [-0.3, -0.25) is 9.78 Å². The number of nitriles is 1. The molecule has 6 nitrogen and oxygen atoms in total. The summed E-state index contributed by atoms with van der Waals surface area (Å²) in [5.74, 6) is -0.324. The van der Waals surface area contributed by atoms with Crippen LogP contribution in [0.25, 0.3) is 10.9 Å². The molecule has 3 rings (SSSR count). The Morgan fingerprint density at radius 1 is 1.35 bits per heavy atom. The van der Waals surface area contributed by atoms with Crippen molar-refractivity contribution in [2.45, 2.75) is 6.54 Å². The number of hydrazone groups is 1. The van der Waals surface area contributed by atoms with Crippen LogP contribution in [0.4, 0.5) is 0 Å². The van der Waals surface area contributed by atoms with Gasteiger partial charge in [0.25, 0.3) is 5.91 Å². The molecular weight excluding hydrogens is 290 g/mol. The molecule has 2 heterocycles. The summed E-state index contributed by atoms with van der Waals surface area (Å²) in [4.78, 5) is 15.8. The van der Waals surface area contributed by atoms with E-state index in [1.807, 2.05) is 35.0 Å². The van der Waals surface area contributed by atoms with Crippen LogP contribution in [0.3, 0.4) is 0 Å². The molecule has 0 fully saturated rings. The van der Waals surface area contributed by atoms with Crippen LogP contribution in [-0.4, -0.2) is 21.7 Å². The number of nitrogens with one attached hydrogen (secondary N) is 1. The lowest BCUT2D eigenvalue weighted by Gasteiger charge is -1.97. The van der Waals surface area contributed by atoms with Crippen LogP contribution in [0, 0.1) is 11.3 Å². The summed E-state index contributed by atoms with van der Waals surface area (Å²) >= 11 is 0. The third kappa shape index (κ3) is 3.09. The number of amides is 1. The Hall–Kier alpha value is -3.46. The summed E-state index contributed by atoms with van der Waals surface area (Å²) in [6.45, 7) is 0.260. The molecule has 0 radical (unpaired) electrons. The molecule has 0 bridgehead atoms. The molecule has 0 aliphatic carbocycles. The topological polar surface area (TPSA) is 83.1 Å². The normalized spacial score (nSPS) is 10.7. The lowest BCUT2D eigenvalue weighted by Crippen LogP contribution is -2.17. The van der Waals surface area contributed by atoms with Gasteiger partial charge >= 0.3 is 0 Å². The van der Waals surface area contributed by atoms with E-state index in [0.29, 0.717) is 5.56 Å². The van der Waals surface area contributed by atoms with Crippen molar-refractivity contribution in [2.24, 2.45) is 5.10 Å². The first kappa shape index (κ1) is 14.5. The summed E-state index contributed by atoms with van der Waals surface area (Å²) in [6.07, 6.45) is 6.49. The highest BCUT2D eigenvalue weighted by Crippen LogP contribution is 2.19. The largest absolute Gasteiger partial charge is 0.333 e. The average molecular weight is 303 g/mol. The van der Waals surface area contributed by atoms with Crippen molar-refractivity contribution in [3.8, 4) is 6.07 Å². The van der Waals surface area contributed by atoms with Gasteiger partial charge in [-0.25, -0.2) is 5.43 Å². The fourth-order valence-electron chi connectivity index (χ4n) is 2.31. The molecule has 0 atom stereocenters. The molecule has 0 aliphatic heterocycles. The third-order valence-corrected chi connectivity index (χ3v) is 3.35. The first-order valence-electron chi connectivity index (χ1n) is 6.98. The first-order valence-corrected chi connectivity index (χ1v) is 6.98. The number of rotatable bonds is 4. The fourth-order valence-corrected chi connectivity index (χ4v) is 2.31. The van der Waals surface area contributed by atoms with Crippen molar-refractivity contribution < 1.29 is 4.79 Å². The fraction of sp³-hybridized carbons (Fsp3) is 0.0588. The van der Waals surface area contributed by atoms with Crippen LogP contribution in [0.5, 0.6) is 0 Å². The zero-order valence-electron chi connectivity index (χ0n) is 12.2. The highest BCUT2D eigenvalue weighted by Gasteiger charge is 2.06. The van der Waals surface area contributed by atoms with E-state index in [-0.39, 0.29) is 12.5 Å². The van der Waals surface area contributed by atoms with Crippen LogP contribution in [-0.2, 0) is 6.54 Å². The van der Waals surface area contributed by atoms with E-state index in [9.17, 15) is 4.79 Å². The zero-order chi connectivity index (χ0) is 16.1. The number of benzene rings is 1. The van der Waals surface area contributed by atoms with E-state index in [2.05, 4.69) is 21.6 Å². The lowest BCUT2D eigenvalue weighted by molar-refractivity contribution is 0.0955. The van der Waals surface area contributed by atoms with Crippen LogP contribution < -0.4 is 5.43 Å². The third-order valence-electron chi connectivity index (χ3n) is 3.35. The molecule has 112 valence electrons. The molecule has 1 aromatic carbocycles. The number of carbonyl (C=O) groups excluding carboxylic acids is 1. The Morgan fingerprint density at radius 3 is 3.00 bits per heavy atom. The minimum absolute atomic E-state index is 0.260. The lowest BCUT2D eigenvalue weighted by atomic mass is 10.2. The molecule has 0 saturated heterocycles. The number of para-hydroxylation sites is 1. The summed E-state index contributed by atoms with van der Waals surface area (Å²) in [7, 11) is 0. The molecule has 2 aromatic heterocycles. The van der Waals surface area contributed by atoms with Gasteiger partial charge in [-0.1, -0.05) is 18.2 Å². The Morgan fingerprint density at radius 2 is 2.22 bits per heavy atom. The van der Waals surface area contributed by atoms with Crippen LogP contribution in [0.2, 0.25) is 0 Å². The predicted octanol–water partition coefficient (Wildman–Crippen LogP) is 2.32. The van der Waals surface area contributed by atoms with Gasteiger partial charge in [0.2, 0.25) is 0 Å². The van der Waals surface area contributed by atoms with Crippen molar-refractivity contribution in [2.75, 3.05) is 0 Å². The average Bonchev–Trinajstić information content (AvgIpc) is 2.94. The maximum atomic E-state index is 11.9. The number of fused-ring (bicyclic) bond motifs is 1. The van der Waals surface area contributed by atoms with Crippen LogP contribution >= 0.6 is 0 Å². The van der Waals surface area contributed by atoms with E-state index < -0.39 is 0 Å². The van der Waals surface area contributed by atoms with E-state index in [4.69, 9.17) is 5.26 Å².